The number of hydrogen-bond acceptors (Lipinski definition) is 3. The van der Waals surface area contributed by atoms with Crippen LogP contribution in [-0.4, -0.2) is 18.4 Å². The van der Waals surface area contributed by atoms with Crippen LogP contribution in [0.4, 0.5) is 5.00 Å². The predicted octanol–water partition coefficient (Wildman–Crippen LogP) is 3.94. The zero-order chi connectivity index (χ0) is 17.1. The van der Waals surface area contributed by atoms with Crippen molar-refractivity contribution in [2.24, 2.45) is 0 Å². The van der Waals surface area contributed by atoms with Crippen LogP contribution in [0.15, 0.2) is 24.3 Å². The van der Waals surface area contributed by atoms with Crippen LogP contribution in [-0.2, 0) is 12.8 Å². The summed E-state index contributed by atoms with van der Waals surface area (Å²) in [7, 11) is 0. The average Bonchev–Trinajstić information content (AvgIpc) is 3.13. The number of benzene rings is 1. The molecular formula is C19H22N2O2S. The Morgan fingerprint density at radius 2 is 1.96 bits per heavy atom. The highest BCUT2D eigenvalue weighted by Crippen LogP contribution is 2.39. The van der Waals surface area contributed by atoms with E-state index in [-0.39, 0.29) is 11.8 Å². The van der Waals surface area contributed by atoms with Crippen molar-refractivity contribution >= 4 is 28.2 Å². The largest absolute Gasteiger partial charge is 0.352 e. The summed E-state index contributed by atoms with van der Waals surface area (Å²) in [6.45, 7) is 4.59. The fraction of sp³-hybridized carbons (Fsp3) is 0.368. The Morgan fingerprint density at radius 3 is 2.71 bits per heavy atom. The number of fused-ring (bicyclic) bond motifs is 1. The smallest absolute Gasteiger partial charge is 0.256 e. The molecule has 0 saturated heterocycles. The summed E-state index contributed by atoms with van der Waals surface area (Å²) in [5.41, 5.74) is 3.36. The first-order valence-corrected chi connectivity index (χ1v) is 9.23. The van der Waals surface area contributed by atoms with Crippen molar-refractivity contribution in [1.82, 2.24) is 5.32 Å². The third-order valence-electron chi connectivity index (χ3n) is 4.30. The maximum Gasteiger partial charge on any atom is 0.256 e. The number of hydrogen-bond donors (Lipinski definition) is 2. The monoisotopic (exact) mass is 342 g/mol. The quantitative estimate of drug-likeness (QED) is 0.865. The molecule has 1 heterocycles. The van der Waals surface area contributed by atoms with Gasteiger partial charge in [-0.25, -0.2) is 0 Å². The van der Waals surface area contributed by atoms with Gasteiger partial charge in [0.15, 0.2) is 0 Å². The number of aryl methyl sites for hydroxylation is 2. The first-order chi connectivity index (χ1) is 11.6. The minimum absolute atomic E-state index is 0.0728. The summed E-state index contributed by atoms with van der Waals surface area (Å²) in [6.07, 6.45) is 3.89. The van der Waals surface area contributed by atoms with Gasteiger partial charge in [0.25, 0.3) is 11.8 Å². The van der Waals surface area contributed by atoms with Crippen molar-refractivity contribution in [3.63, 3.8) is 0 Å². The van der Waals surface area contributed by atoms with Gasteiger partial charge >= 0.3 is 0 Å². The minimum Gasteiger partial charge on any atom is -0.352 e. The van der Waals surface area contributed by atoms with Gasteiger partial charge in [-0.3, -0.25) is 9.59 Å². The molecule has 1 aliphatic rings. The van der Waals surface area contributed by atoms with E-state index < -0.39 is 0 Å². The molecule has 4 nitrogen and oxygen atoms in total. The molecule has 2 aromatic rings. The average molecular weight is 342 g/mol. The van der Waals surface area contributed by atoms with Crippen molar-refractivity contribution in [2.45, 2.75) is 39.5 Å². The summed E-state index contributed by atoms with van der Waals surface area (Å²) < 4.78 is 0. The normalized spacial score (nSPS) is 12.8. The molecule has 0 bridgehead atoms. The molecule has 1 aromatic heterocycles. The van der Waals surface area contributed by atoms with Crippen molar-refractivity contribution in [2.75, 3.05) is 11.9 Å². The van der Waals surface area contributed by atoms with Crippen molar-refractivity contribution in [3.05, 3.63) is 51.4 Å². The Kier molecular flexibility index (Phi) is 5.00. The standard InChI is InChI=1S/C19H22N2O2S/c1-3-11-20-18(23)16-14-9-6-10-15(14)24-19(16)21-17(22)13-8-5-4-7-12(13)2/h4-5,7-8H,3,6,9-11H2,1-2H3,(H,20,23)(H,21,22). The van der Waals surface area contributed by atoms with Crippen LogP contribution >= 0.6 is 11.3 Å². The lowest BCUT2D eigenvalue weighted by atomic mass is 10.1. The van der Waals surface area contributed by atoms with Gasteiger partial charge < -0.3 is 10.6 Å². The number of rotatable bonds is 5. The van der Waals surface area contributed by atoms with Crippen molar-refractivity contribution in [1.29, 1.82) is 0 Å². The van der Waals surface area contributed by atoms with Crippen LogP contribution < -0.4 is 10.6 Å². The molecule has 0 unspecified atom stereocenters. The van der Waals surface area contributed by atoms with E-state index in [1.807, 2.05) is 38.1 Å². The minimum atomic E-state index is -0.155. The molecule has 2 amide bonds. The molecule has 0 radical (unpaired) electrons. The van der Waals surface area contributed by atoms with E-state index in [2.05, 4.69) is 10.6 Å². The second kappa shape index (κ2) is 7.18. The highest BCUT2D eigenvalue weighted by molar-refractivity contribution is 7.17. The van der Waals surface area contributed by atoms with E-state index in [0.29, 0.717) is 22.7 Å². The number of carbonyl (C=O) groups excluding carboxylic acids is 2. The lowest BCUT2D eigenvalue weighted by Gasteiger charge is -2.10. The van der Waals surface area contributed by atoms with Gasteiger partial charge in [-0.05, 0) is 49.8 Å². The van der Waals surface area contributed by atoms with Crippen LogP contribution in [0.2, 0.25) is 0 Å². The molecule has 2 N–H and O–H groups in total. The number of anilines is 1. The van der Waals surface area contributed by atoms with E-state index in [1.165, 1.54) is 4.88 Å². The predicted molar refractivity (Wildman–Crippen MR) is 98.1 cm³/mol. The molecule has 0 atom stereocenters. The summed E-state index contributed by atoms with van der Waals surface area (Å²) in [5.74, 6) is -0.228. The van der Waals surface area contributed by atoms with E-state index in [9.17, 15) is 9.59 Å². The molecule has 0 spiro atoms. The highest BCUT2D eigenvalue weighted by atomic mass is 32.1. The zero-order valence-electron chi connectivity index (χ0n) is 14.1. The van der Waals surface area contributed by atoms with E-state index >= 15 is 0 Å². The van der Waals surface area contributed by atoms with Gasteiger partial charge in [0, 0.05) is 17.0 Å². The van der Waals surface area contributed by atoms with Crippen LogP contribution in [0, 0.1) is 6.92 Å². The van der Waals surface area contributed by atoms with Crippen LogP contribution in [0.5, 0.6) is 0 Å². The molecule has 1 aliphatic carbocycles. The molecule has 5 heteroatoms. The summed E-state index contributed by atoms with van der Waals surface area (Å²) >= 11 is 1.55. The SMILES string of the molecule is CCCNC(=O)c1c(NC(=O)c2ccccc2C)sc2c1CCC2. The molecule has 0 saturated carbocycles. The molecule has 0 fully saturated rings. The van der Waals surface area contributed by atoms with Crippen LogP contribution in [0.3, 0.4) is 0 Å². The highest BCUT2D eigenvalue weighted by Gasteiger charge is 2.27. The van der Waals surface area contributed by atoms with Crippen molar-refractivity contribution in [3.8, 4) is 0 Å². The second-order valence-electron chi connectivity index (χ2n) is 6.09. The summed E-state index contributed by atoms with van der Waals surface area (Å²) in [5, 5.41) is 6.60. The maximum atomic E-state index is 12.6. The van der Waals surface area contributed by atoms with E-state index in [4.69, 9.17) is 0 Å². The lowest BCUT2D eigenvalue weighted by Crippen LogP contribution is -2.26. The van der Waals surface area contributed by atoms with Gasteiger partial charge in [0.05, 0.1) is 5.56 Å². The van der Waals surface area contributed by atoms with Gasteiger partial charge in [-0.2, -0.15) is 0 Å². The van der Waals surface area contributed by atoms with Gasteiger partial charge in [-0.1, -0.05) is 25.1 Å². The van der Waals surface area contributed by atoms with Gasteiger partial charge in [0.1, 0.15) is 5.00 Å². The summed E-state index contributed by atoms with van der Waals surface area (Å²) in [6, 6.07) is 7.49. The Morgan fingerprint density at radius 1 is 1.17 bits per heavy atom. The van der Waals surface area contributed by atoms with Crippen LogP contribution in [0.25, 0.3) is 0 Å². The molecule has 0 aliphatic heterocycles. The molecule has 3 rings (SSSR count). The van der Waals surface area contributed by atoms with E-state index in [1.54, 1.807) is 11.3 Å². The summed E-state index contributed by atoms with van der Waals surface area (Å²) in [4.78, 5) is 26.4. The Hall–Kier alpha value is -2.14. The van der Waals surface area contributed by atoms with Crippen molar-refractivity contribution < 1.29 is 9.59 Å². The maximum absolute atomic E-state index is 12.6. The van der Waals surface area contributed by atoms with Gasteiger partial charge in [-0.15, -0.1) is 11.3 Å². The number of carbonyl (C=O) groups is 2. The number of nitrogens with one attached hydrogen (secondary N) is 2. The van der Waals surface area contributed by atoms with E-state index in [0.717, 1.165) is 36.8 Å². The lowest BCUT2D eigenvalue weighted by molar-refractivity contribution is 0.0954. The second-order valence-corrected chi connectivity index (χ2v) is 7.19. The first kappa shape index (κ1) is 16.7. The fourth-order valence-corrected chi connectivity index (χ4v) is 4.34. The zero-order valence-corrected chi connectivity index (χ0v) is 14.9. The van der Waals surface area contributed by atoms with Crippen LogP contribution in [0.1, 0.15) is 56.5 Å². The van der Waals surface area contributed by atoms with Gasteiger partial charge in [0.2, 0.25) is 0 Å². The topological polar surface area (TPSA) is 58.2 Å². The number of amides is 2. The molecule has 24 heavy (non-hydrogen) atoms. The third-order valence-corrected chi connectivity index (χ3v) is 5.51. The Labute approximate surface area is 146 Å². The first-order valence-electron chi connectivity index (χ1n) is 8.41. The fourth-order valence-electron chi connectivity index (χ4n) is 3.06. The third kappa shape index (κ3) is 3.22. The Bertz CT molecular complexity index is 780. The Balaban J connectivity index is 1.89. The number of thiophene rings is 1. The molecule has 1 aromatic carbocycles. The molecular weight excluding hydrogens is 320 g/mol. The molecule has 126 valence electrons.